The highest BCUT2D eigenvalue weighted by molar-refractivity contribution is 6.01. The minimum absolute atomic E-state index is 0.101. The molecule has 0 spiro atoms. The van der Waals surface area contributed by atoms with Crippen LogP contribution in [-0.2, 0) is 13.1 Å². The molecule has 0 unspecified atom stereocenters. The fourth-order valence-electron chi connectivity index (χ4n) is 3.27. The number of carbonyl (C=O) groups is 1. The van der Waals surface area contributed by atoms with Crippen LogP contribution in [0.2, 0.25) is 0 Å². The van der Waals surface area contributed by atoms with Gasteiger partial charge in [0.05, 0.1) is 39.9 Å². The number of rotatable bonds is 4. The molecule has 0 bridgehead atoms. The number of fused-ring (bicyclic) bond motifs is 2. The van der Waals surface area contributed by atoms with Crippen LogP contribution < -0.4 is 14.2 Å². The van der Waals surface area contributed by atoms with Crippen molar-refractivity contribution in [3.05, 3.63) is 30.0 Å². The van der Waals surface area contributed by atoms with E-state index in [2.05, 4.69) is 15.1 Å². The topological polar surface area (TPSA) is 94.5 Å². The zero-order valence-electron chi connectivity index (χ0n) is 14.8. The fraction of sp³-hybridized carbons (Fsp3) is 0.353. The number of carbonyl (C=O) groups excluding carboxylic acids is 1. The first-order valence-electron chi connectivity index (χ1n) is 8.14. The average molecular weight is 357 g/mol. The van der Waals surface area contributed by atoms with Gasteiger partial charge in [-0.3, -0.25) is 4.79 Å². The lowest BCUT2D eigenvalue weighted by molar-refractivity contribution is 0.0697. The summed E-state index contributed by atoms with van der Waals surface area (Å²) in [5.41, 5.74) is 1.21. The number of benzene rings is 1. The maximum Gasteiger partial charge on any atom is 0.270 e. The van der Waals surface area contributed by atoms with Crippen molar-refractivity contribution in [1.29, 1.82) is 0 Å². The van der Waals surface area contributed by atoms with Crippen molar-refractivity contribution in [3.8, 4) is 17.2 Å². The van der Waals surface area contributed by atoms with E-state index in [1.54, 1.807) is 38.4 Å². The minimum atomic E-state index is -0.101. The van der Waals surface area contributed by atoms with E-state index in [4.69, 9.17) is 14.2 Å². The zero-order valence-corrected chi connectivity index (χ0v) is 14.8. The van der Waals surface area contributed by atoms with Gasteiger partial charge in [-0.05, 0) is 6.07 Å². The summed E-state index contributed by atoms with van der Waals surface area (Å²) in [6, 6.07) is 3.57. The Bertz CT molecular complexity index is 977. The molecule has 3 heterocycles. The van der Waals surface area contributed by atoms with E-state index in [0.717, 1.165) is 16.7 Å². The van der Waals surface area contributed by atoms with Gasteiger partial charge in [0.15, 0.2) is 11.5 Å². The molecule has 1 aliphatic heterocycles. The number of nitrogens with zero attached hydrogens (tertiary/aromatic N) is 4. The number of hydrogen-bond acceptors (Lipinski definition) is 6. The van der Waals surface area contributed by atoms with Gasteiger partial charge in [-0.2, -0.15) is 5.10 Å². The Hall–Kier alpha value is -3.23. The first kappa shape index (κ1) is 16.2. The summed E-state index contributed by atoms with van der Waals surface area (Å²) >= 11 is 0. The molecule has 2 aromatic heterocycles. The third kappa shape index (κ3) is 2.43. The van der Waals surface area contributed by atoms with Crippen molar-refractivity contribution in [2.45, 2.75) is 13.1 Å². The molecule has 0 saturated carbocycles. The molecule has 0 radical (unpaired) electrons. The number of amides is 1. The van der Waals surface area contributed by atoms with E-state index >= 15 is 0 Å². The molecule has 0 atom stereocenters. The monoisotopic (exact) mass is 357 g/mol. The van der Waals surface area contributed by atoms with Crippen LogP contribution in [0.15, 0.2) is 18.5 Å². The molecular weight excluding hydrogens is 338 g/mol. The molecule has 9 nitrogen and oxygen atoms in total. The van der Waals surface area contributed by atoms with Crippen LogP contribution in [-0.4, -0.2) is 58.4 Å². The molecule has 136 valence electrons. The predicted octanol–water partition coefficient (Wildman–Crippen LogP) is 1.44. The number of nitrogens with one attached hydrogen (secondary N) is 1. The van der Waals surface area contributed by atoms with Crippen LogP contribution in [0, 0.1) is 0 Å². The lowest BCUT2D eigenvalue weighted by Gasteiger charge is -2.26. The highest BCUT2D eigenvalue weighted by Gasteiger charge is 2.26. The molecule has 26 heavy (non-hydrogen) atoms. The summed E-state index contributed by atoms with van der Waals surface area (Å²) in [6.45, 7) is 1.64. The maximum absolute atomic E-state index is 12.9. The fourth-order valence-corrected chi connectivity index (χ4v) is 3.27. The smallest absolute Gasteiger partial charge is 0.270 e. The largest absolute Gasteiger partial charge is 0.493 e. The Morgan fingerprint density at radius 3 is 2.65 bits per heavy atom. The van der Waals surface area contributed by atoms with Crippen molar-refractivity contribution in [2.24, 2.45) is 0 Å². The van der Waals surface area contributed by atoms with Gasteiger partial charge in [-0.25, -0.2) is 9.67 Å². The first-order chi connectivity index (χ1) is 12.7. The second-order valence-corrected chi connectivity index (χ2v) is 5.92. The zero-order chi connectivity index (χ0) is 18.3. The second kappa shape index (κ2) is 6.25. The number of aromatic amines is 1. The van der Waals surface area contributed by atoms with Gasteiger partial charge < -0.3 is 24.1 Å². The molecule has 1 aliphatic rings. The summed E-state index contributed by atoms with van der Waals surface area (Å²) < 4.78 is 18.1. The summed E-state index contributed by atoms with van der Waals surface area (Å²) in [7, 11) is 4.67. The second-order valence-electron chi connectivity index (χ2n) is 5.92. The average Bonchev–Trinajstić information content (AvgIpc) is 3.31. The number of ether oxygens (including phenoxy) is 3. The summed E-state index contributed by atoms with van der Waals surface area (Å²) in [6.07, 6.45) is 1.51. The van der Waals surface area contributed by atoms with E-state index in [0.29, 0.717) is 42.6 Å². The van der Waals surface area contributed by atoms with Crippen molar-refractivity contribution in [3.63, 3.8) is 0 Å². The summed E-state index contributed by atoms with van der Waals surface area (Å²) in [5, 5.41) is 4.89. The van der Waals surface area contributed by atoms with Gasteiger partial charge in [0.2, 0.25) is 5.75 Å². The molecule has 4 rings (SSSR count). The normalized spacial score (nSPS) is 13.6. The molecule has 3 aromatic rings. The molecule has 0 aliphatic carbocycles. The first-order valence-corrected chi connectivity index (χ1v) is 8.14. The van der Waals surface area contributed by atoms with Crippen LogP contribution in [0.25, 0.3) is 10.9 Å². The maximum atomic E-state index is 12.9. The van der Waals surface area contributed by atoms with Crippen molar-refractivity contribution in [1.82, 2.24) is 24.6 Å². The molecular formula is C17H19N5O4. The molecule has 0 saturated heterocycles. The van der Waals surface area contributed by atoms with Crippen LogP contribution in [0.1, 0.15) is 16.3 Å². The van der Waals surface area contributed by atoms with Crippen molar-refractivity contribution < 1.29 is 19.0 Å². The quantitative estimate of drug-likeness (QED) is 0.759. The number of methoxy groups -OCH3 is 3. The summed E-state index contributed by atoms with van der Waals surface area (Å²) in [5.74, 6) is 2.22. The molecule has 1 aromatic carbocycles. The molecule has 1 amide bonds. The predicted molar refractivity (Wildman–Crippen MR) is 92.7 cm³/mol. The number of aromatic nitrogens is 4. The Morgan fingerprint density at radius 1 is 1.12 bits per heavy atom. The highest BCUT2D eigenvalue weighted by atomic mass is 16.5. The van der Waals surface area contributed by atoms with E-state index < -0.39 is 0 Å². The van der Waals surface area contributed by atoms with Gasteiger partial charge in [0.25, 0.3) is 5.91 Å². The number of hydrogen-bond donors (Lipinski definition) is 1. The molecule has 0 fully saturated rings. The van der Waals surface area contributed by atoms with Gasteiger partial charge in [-0.15, -0.1) is 0 Å². The standard InChI is InChI=1S/C17H19N5O4/c1-24-13-7-11-10(15(25-2)16(13)26-3)6-12(20-11)17(23)21-4-5-22-14(8-21)18-9-19-22/h6-7,9,20H,4-5,8H2,1-3H3. The van der Waals surface area contributed by atoms with Crippen LogP contribution in [0.4, 0.5) is 0 Å². The van der Waals surface area contributed by atoms with Crippen LogP contribution in [0.5, 0.6) is 17.2 Å². The Balaban J connectivity index is 1.72. The van der Waals surface area contributed by atoms with Gasteiger partial charge in [0.1, 0.15) is 17.8 Å². The van der Waals surface area contributed by atoms with Crippen LogP contribution in [0.3, 0.4) is 0 Å². The molecule has 1 N–H and O–H groups in total. The highest BCUT2D eigenvalue weighted by Crippen LogP contribution is 2.43. The van der Waals surface area contributed by atoms with E-state index in [-0.39, 0.29) is 5.91 Å². The van der Waals surface area contributed by atoms with Crippen LogP contribution >= 0.6 is 0 Å². The SMILES string of the molecule is COc1cc2[nH]c(C(=O)N3CCn4ncnc4C3)cc2c(OC)c1OC. The summed E-state index contributed by atoms with van der Waals surface area (Å²) in [4.78, 5) is 22.0. The van der Waals surface area contributed by atoms with E-state index in [1.165, 1.54) is 6.33 Å². The van der Waals surface area contributed by atoms with Gasteiger partial charge in [0, 0.05) is 18.0 Å². The molecule has 9 heteroatoms. The van der Waals surface area contributed by atoms with Gasteiger partial charge >= 0.3 is 0 Å². The minimum Gasteiger partial charge on any atom is -0.493 e. The third-order valence-electron chi connectivity index (χ3n) is 4.55. The Labute approximate surface area is 149 Å². The third-order valence-corrected chi connectivity index (χ3v) is 4.55. The van der Waals surface area contributed by atoms with Crippen molar-refractivity contribution >= 4 is 16.8 Å². The van der Waals surface area contributed by atoms with Gasteiger partial charge in [-0.1, -0.05) is 0 Å². The lowest BCUT2D eigenvalue weighted by atomic mass is 10.2. The Morgan fingerprint density at radius 2 is 1.92 bits per heavy atom. The van der Waals surface area contributed by atoms with Crippen molar-refractivity contribution in [2.75, 3.05) is 27.9 Å². The van der Waals surface area contributed by atoms with E-state index in [9.17, 15) is 4.79 Å². The number of H-pyrrole nitrogens is 1. The lowest BCUT2D eigenvalue weighted by Crippen LogP contribution is -2.38. The van der Waals surface area contributed by atoms with E-state index in [1.807, 2.05) is 4.68 Å². The Kier molecular flexibility index (Phi) is 3.90.